The second-order valence-corrected chi connectivity index (χ2v) is 6.35. The normalized spacial score (nSPS) is 26.3. The van der Waals surface area contributed by atoms with Gasteiger partial charge in [0.2, 0.25) is 0 Å². The third kappa shape index (κ3) is 2.31. The van der Waals surface area contributed by atoms with Crippen LogP contribution in [0.25, 0.3) is 0 Å². The first-order valence-electron chi connectivity index (χ1n) is 6.93. The number of nitrogens with zero attached hydrogens (tertiary/aromatic N) is 1. The van der Waals surface area contributed by atoms with E-state index in [1.807, 2.05) is 4.90 Å². The van der Waals surface area contributed by atoms with Gasteiger partial charge in [0.05, 0.1) is 5.56 Å². The topological polar surface area (TPSA) is 20.3 Å². The minimum atomic E-state index is -0.431. The van der Waals surface area contributed by atoms with Gasteiger partial charge in [0.25, 0.3) is 5.91 Å². The van der Waals surface area contributed by atoms with E-state index >= 15 is 0 Å². The number of benzene rings is 1. The quantitative estimate of drug-likeness (QED) is 0.764. The number of halogens is 2. The van der Waals surface area contributed by atoms with Crippen molar-refractivity contribution in [3.05, 3.63) is 34.1 Å². The lowest BCUT2D eigenvalue weighted by molar-refractivity contribution is 0.0542. The average Bonchev–Trinajstić information content (AvgIpc) is 2.86. The zero-order valence-corrected chi connectivity index (χ0v) is 12.3. The monoisotopic (exact) mass is 325 g/mol. The third-order valence-corrected chi connectivity index (χ3v) is 5.09. The van der Waals surface area contributed by atoms with Crippen molar-refractivity contribution in [2.75, 3.05) is 6.54 Å². The molecule has 2 nitrogen and oxygen atoms in total. The molecule has 0 N–H and O–H groups in total. The molecule has 1 aromatic rings. The highest BCUT2D eigenvalue weighted by atomic mass is 79.9. The summed E-state index contributed by atoms with van der Waals surface area (Å²) in [6, 6.07) is 5.03. The molecule has 102 valence electrons. The fourth-order valence-corrected chi connectivity index (χ4v) is 4.06. The lowest BCUT2D eigenvalue weighted by Gasteiger charge is -2.38. The number of rotatable bonds is 1. The molecule has 1 saturated carbocycles. The summed E-state index contributed by atoms with van der Waals surface area (Å²) in [4.78, 5) is 14.5. The summed E-state index contributed by atoms with van der Waals surface area (Å²) in [6.07, 6.45) is 5.73. The van der Waals surface area contributed by atoms with Crippen LogP contribution >= 0.6 is 15.9 Å². The third-order valence-electron chi connectivity index (χ3n) is 4.43. The van der Waals surface area contributed by atoms with E-state index in [4.69, 9.17) is 0 Å². The molecular formula is C15H17BrFNO. The van der Waals surface area contributed by atoms with E-state index in [1.165, 1.54) is 25.3 Å². The van der Waals surface area contributed by atoms with Crippen molar-refractivity contribution in [2.24, 2.45) is 5.92 Å². The first kappa shape index (κ1) is 13.1. The Morgan fingerprint density at radius 3 is 2.84 bits per heavy atom. The first-order valence-corrected chi connectivity index (χ1v) is 7.73. The Balaban J connectivity index is 1.91. The molecule has 1 aliphatic carbocycles. The van der Waals surface area contributed by atoms with Crippen LogP contribution in [0.1, 0.15) is 42.5 Å². The van der Waals surface area contributed by atoms with Crippen LogP contribution in [-0.4, -0.2) is 23.4 Å². The Hall–Kier alpha value is -0.900. The van der Waals surface area contributed by atoms with Gasteiger partial charge in [-0.05, 0) is 59.7 Å². The molecule has 2 atom stereocenters. The van der Waals surface area contributed by atoms with E-state index in [-0.39, 0.29) is 11.5 Å². The molecule has 2 fully saturated rings. The number of amides is 1. The molecule has 1 saturated heterocycles. The number of piperidine rings is 1. The van der Waals surface area contributed by atoms with Crippen molar-refractivity contribution in [1.29, 1.82) is 0 Å². The van der Waals surface area contributed by atoms with Gasteiger partial charge in [0.15, 0.2) is 0 Å². The molecule has 0 aromatic heterocycles. The standard InChI is InChI=1S/C15H17BrFNO/c16-11-6-2-7-12(17)14(11)15(19)18-9-3-5-10-4-1-8-13(10)18/h2,6-7,10,13H,1,3-5,8-9H2. The minimum absolute atomic E-state index is 0.151. The van der Waals surface area contributed by atoms with Gasteiger partial charge >= 0.3 is 0 Å². The van der Waals surface area contributed by atoms with Crippen LogP contribution in [-0.2, 0) is 0 Å². The van der Waals surface area contributed by atoms with Gasteiger partial charge in [-0.3, -0.25) is 4.79 Å². The Bertz CT molecular complexity index is 485. The Labute approximate surface area is 121 Å². The molecule has 4 heteroatoms. The molecule has 0 spiro atoms. The van der Waals surface area contributed by atoms with Crippen molar-refractivity contribution in [2.45, 2.75) is 38.1 Å². The number of hydrogen-bond donors (Lipinski definition) is 0. The highest BCUT2D eigenvalue weighted by molar-refractivity contribution is 9.10. The summed E-state index contributed by atoms with van der Waals surface area (Å²) in [6.45, 7) is 0.765. The molecule has 1 aliphatic heterocycles. The van der Waals surface area contributed by atoms with Crippen LogP contribution in [0.5, 0.6) is 0 Å². The molecule has 2 aliphatic rings. The number of fused-ring (bicyclic) bond motifs is 1. The summed E-state index contributed by atoms with van der Waals surface area (Å²) >= 11 is 3.30. The second kappa shape index (κ2) is 5.23. The van der Waals surface area contributed by atoms with Crippen LogP contribution in [0, 0.1) is 11.7 Å². The lowest BCUT2D eigenvalue weighted by Crippen LogP contribution is -2.46. The van der Waals surface area contributed by atoms with E-state index in [2.05, 4.69) is 15.9 Å². The van der Waals surface area contributed by atoms with Gasteiger partial charge in [0, 0.05) is 17.1 Å². The zero-order valence-electron chi connectivity index (χ0n) is 10.7. The SMILES string of the molecule is O=C(c1c(F)cccc1Br)N1CCCC2CCCC21. The van der Waals surface area contributed by atoms with Crippen LogP contribution in [0.2, 0.25) is 0 Å². The minimum Gasteiger partial charge on any atom is -0.335 e. The zero-order chi connectivity index (χ0) is 13.4. The molecule has 1 heterocycles. The summed E-state index contributed by atoms with van der Waals surface area (Å²) in [5.74, 6) is 0.0457. The van der Waals surface area contributed by atoms with Crippen LogP contribution < -0.4 is 0 Å². The van der Waals surface area contributed by atoms with Crippen LogP contribution in [0.4, 0.5) is 4.39 Å². The molecule has 3 rings (SSSR count). The Morgan fingerprint density at radius 2 is 2.05 bits per heavy atom. The first-order chi connectivity index (χ1) is 9.18. The van der Waals surface area contributed by atoms with E-state index in [9.17, 15) is 9.18 Å². The highest BCUT2D eigenvalue weighted by Gasteiger charge is 2.38. The fourth-order valence-electron chi connectivity index (χ4n) is 3.55. The van der Waals surface area contributed by atoms with Crippen LogP contribution in [0.3, 0.4) is 0 Å². The van der Waals surface area contributed by atoms with Crippen molar-refractivity contribution in [3.63, 3.8) is 0 Å². The van der Waals surface area contributed by atoms with Crippen molar-refractivity contribution in [1.82, 2.24) is 4.90 Å². The van der Waals surface area contributed by atoms with E-state index < -0.39 is 5.82 Å². The molecule has 1 aromatic carbocycles. The average molecular weight is 326 g/mol. The maximum atomic E-state index is 13.9. The molecule has 1 amide bonds. The van der Waals surface area contributed by atoms with Crippen molar-refractivity contribution in [3.8, 4) is 0 Å². The van der Waals surface area contributed by atoms with E-state index in [0.717, 1.165) is 19.4 Å². The van der Waals surface area contributed by atoms with Gasteiger partial charge in [-0.1, -0.05) is 12.5 Å². The second-order valence-electron chi connectivity index (χ2n) is 5.50. The Morgan fingerprint density at radius 1 is 1.26 bits per heavy atom. The Kier molecular flexibility index (Phi) is 3.61. The smallest absolute Gasteiger partial charge is 0.258 e. The van der Waals surface area contributed by atoms with Crippen molar-refractivity contribution < 1.29 is 9.18 Å². The highest BCUT2D eigenvalue weighted by Crippen LogP contribution is 2.38. The van der Waals surface area contributed by atoms with Gasteiger partial charge in [-0.15, -0.1) is 0 Å². The number of likely N-dealkylation sites (tertiary alicyclic amines) is 1. The van der Waals surface area contributed by atoms with Gasteiger partial charge in [-0.25, -0.2) is 4.39 Å². The predicted octanol–water partition coefficient (Wildman–Crippen LogP) is 3.99. The maximum absolute atomic E-state index is 13.9. The number of carbonyl (C=O) groups excluding carboxylic acids is 1. The molecule has 0 radical (unpaired) electrons. The van der Waals surface area contributed by atoms with Gasteiger partial charge in [0.1, 0.15) is 5.82 Å². The van der Waals surface area contributed by atoms with E-state index in [0.29, 0.717) is 16.4 Å². The van der Waals surface area contributed by atoms with Crippen molar-refractivity contribution >= 4 is 21.8 Å². The molecule has 19 heavy (non-hydrogen) atoms. The summed E-state index contributed by atoms with van der Waals surface area (Å²) in [5.41, 5.74) is 0.190. The molecule has 0 bridgehead atoms. The van der Waals surface area contributed by atoms with Gasteiger partial charge < -0.3 is 4.90 Å². The van der Waals surface area contributed by atoms with Gasteiger partial charge in [-0.2, -0.15) is 0 Å². The largest absolute Gasteiger partial charge is 0.335 e. The van der Waals surface area contributed by atoms with Crippen LogP contribution in [0.15, 0.2) is 22.7 Å². The lowest BCUT2D eigenvalue weighted by atomic mass is 9.91. The number of carbonyl (C=O) groups is 1. The molecular weight excluding hydrogens is 309 g/mol. The molecule has 2 unspecified atom stereocenters. The number of hydrogen-bond acceptors (Lipinski definition) is 1. The fraction of sp³-hybridized carbons (Fsp3) is 0.533. The summed E-state index contributed by atoms with van der Waals surface area (Å²) < 4.78 is 14.5. The maximum Gasteiger partial charge on any atom is 0.258 e. The van der Waals surface area contributed by atoms with E-state index in [1.54, 1.807) is 12.1 Å². The summed E-state index contributed by atoms with van der Waals surface area (Å²) in [5, 5.41) is 0. The predicted molar refractivity (Wildman–Crippen MR) is 75.5 cm³/mol. The summed E-state index contributed by atoms with van der Waals surface area (Å²) in [7, 11) is 0.